The number of nitrogens with one attached hydrogen (secondary N) is 2. The Kier molecular flexibility index (Phi) is 6.94. The van der Waals surface area contributed by atoms with E-state index >= 15 is 0 Å². The van der Waals surface area contributed by atoms with Crippen molar-refractivity contribution in [2.45, 2.75) is 36.6 Å². The molecule has 0 unspecified atom stereocenters. The molecule has 176 valence electrons. The minimum Gasteiger partial charge on any atom is -0.349 e. The van der Waals surface area contributed by atoms with Gasteiger partial charge in [-0.3, -0.25) is 4.79 Å². The van der Waals surface area contributed by atoms with E-state index in [1.165, 1.54) is 10.4 Å². The van der Waals surface area contributed by atoms with Crippen molar-refractivity contribution < 1.29 is 22.4 Å². The second kappa shape index (κ2) is 9.88. The molecule has 2 N–H and O–H groups in total. The van der Waals surface area contributed by atoms with Crippen molar-refractivity contribution >= 4 is 27.6 Å². The number of hydrogen-bond acceptors (Lipinski definition) is 4. The summed E-state index contributed by atoms with van der Waals surface area (Å²) in [5.41, 5.74) is 0.812. The zero-order valence-electron chi connectivity index (χ0n) is 18.2. The molecule has 0 bridgehead atoms. The highest BCUT2D eigenvalue weighted by atomic mass is 32.2. The normalized spacial score (nSPS) is 17.7. The lowest BCUT2D eigenvalue weighted by Crippen LogP contribution is -2.47. The summed E-state index contributed by atoms with van der Waals surface area (Å²) in [5, 5.41) is 5.73. The Labute approximate surface area is 192 Å². The number of halogens is 1. The number of amides is 3. The third kappa shape index (κ3) is 5.33. The molecule has 2 aliphatic heterocycles. The number of carbonyl (C=O) groups excluding carboxylic acids is 2. The van der Waals surface area contributed by atoms with E-state index in [2.05, 4.69) is 10.6 Å². The number of rotatable bonds is 5. The van der Waals surface area contributed by atoms with Gasteiger partial charge in [-0.1, -0.05) is 18.2 Å². The maximum Gasteiger partial charge on any atom is 0.321 e. The van der Waals surface area contributed by atoms with E-state index in [4.69, 9.17) is 0 Å². The third-order valence-electron chi connectivity index (χ3n) is 6.02. The van der Waals surface area contributed by atoms with Crippen LogP contribution >= 0.6 is 0 Å². The van der Waals surface area contributed by atoms with Crippen LogP contribution in [0.3, 0.4) is 0 Å². The first-order valence-electron chi connectivity index (χ1n) is 11.1. The summed E-state index contributed by atoms with van der Waals surface area (Å²) < 4.78 is 41.1. The summed E-state index contributed by atoms with van der Waals surface area (Å²) in [6.07, 6.45) is 2.61. The first-order chi connectivity index (χ1) is 15.8. The van der Waals surface area contributed by atoms with Crippen LogP contribution in [0.4, 0.5) is 14.9 Å². The van der Waals surface area contributed by atoms with Crippen molar-refractivity contribution in [3.8, 4) is 0 Å². The van der Waals surface area contributed by atoms with E-state index in [1.807, 2.05) is 30.3 Å². The molecule has 2 fully saturated rings. The van der Waals surface area contributed by atoms with Gasteiger partial charge >= 0.3 is 6.03 Å². The summed E-state index contributed by atoms with van der Waals surface area (Å²) in [6, 6.07) is 12.2. The van der Waals surface area contributed by atoms with Crippen LogP contribution < -0.4 is 10.6 Å². The molecule has 0 atom stereocenters. The minimum absolute atomic E-state index is 0.0958. The van der Waals surface area contributed by atoms with Crippen LogP contribution in [0.5, 0.6) is 0 Å². The molecule has 0 saturated carbocycles. The Morgan fingerprint density at radius 1 is 0.939 bits per heavy atom. The fourth-order valence-corrected chi connectivity index (χ4v) is 5.74. The molecular formula is C23H27FN4O4S. The summed E-state index contributed by atoms with van der Waals surface area (Å²) >= 11 is 0. The number of anilines is 1. The highest BCUT2D eigenvalue weighted by Crippen LogP contribution is 2.24. The minimum atomic E-state index is -3.97. The molecule has 2 aromatic rings. The number of urea groups is 1. The van der Waals surface area contributed by atoms with Crippen molar-refractivity contribution in [1.29, 1.82) is 0 Å². The number of para-hydroxylation sites is 1. The number of carbonyl (C=O) groups is 2. The summed E-state index contributed by atoms with van der Waals surface area (Å²) in [6.45, 7) is 1.66. The van der Waals surface area contributed by atoms with Crippen LogP contribution in [-0.2, 0) is 10.0 Å². The van der Waals surface area contributed by atoms with Gasteiger partial charge in [-0.25, -0.2) is 17.6 Å². The zero-order chi connectivity index (χ0) is 23.4. The molecule has 0 radical (unpaired) electrons. The molecule has 8 nitrogen and oxygen atoms in total. The van der Waals surface area contributed by atoms with Gasteiger partial charge in [-0.05, 0) is 56.0 Å². The number of benzene rings is 2. The van der Waals surface area contributed by atoms with Gasteiger partial charge in [0, 0.05) is 43.5 Å². The fourth-order valence-electron chi connectivity index (χ4n) is 4.13. The number of piperidine rings is 1. The topological polar surface area (TPSA) is 98.8 Å². The molecule has 0 aliphatic carbocycles. The van der Waals surface area contributed by atoms with Crippen molar-refractivity contribution in [3.63, 3.8) is 0 Å². The van der Waals surface area contributed by atoms with Gasteiger partial charge in [0.05, 0.1) is 0 Å². The Bertz CT molecular complexity index is 1110. The summed E-state index contributed by atoms with van der Waals surface area (Å²) in [7, 11) is -3.97. The predicted molar refractivity (Wildman–Crippen MR) is 122 cm³/mol. The fraction of sp³-hybridized carbons (Fsp3) is 0.391. The van der Waals surface area contributed by atoms with Gasteiger partial charge in [0.2, 0.25) is 10.0 Å². The first kappa shape index (κ1) is 23.2. The van der Waals surface area contributed by atoms with E-state index in [0.29, 0.717) is 44.7 Å². The van der Waals surface area contributed by atoms with Crippen molar-refractivity contribution in [2.24, 2.45) is 0 Å². The third-order valence-corrected chi connectivity index (χ3v) is 7.93. The van der Waals surface area contributed by atoms with E-state index in [0.717, 1.165) is 25.0 Å². The standard InChI is InChI=1S/C23H27FN4O4S/c24-20-9-8-17(16-21(20)33(31,32)28-12-4-5-13-28)22(29)25-19-10-14-27(15-11-19)23(30)26-18-6-2-1-3-7-18/h1-3,6-9,16,19H,4-5,10-15H2,(H,25,29)(H,26,30). The van der Waals surface area contributed by atoms with Crippen molar-refractivity contribution in [3.05, 3.63) is 59.9 Å². The molecule has 2 aliphatic rings. The zero-order valence-corrected chi connectivity index (χ0v) is 19.0. The molecule has 0 aromatic heterocycles. The molecular weight excluding hydrogens is 447 g/mol. The maximum atomic E-state index is 14.3. The van der Waals surface area contributed by atoms with Gasteiger partial charge < -0.3 is 15.5 Å². The van der Waals surface area contributed by atoms with Crippen LogP contribution in [0.2, 0.25) is 0 Å². The highest BCUT2D eigenvalue weighted by Gasteiger charge is 2.31. The summed E-state index contributed by atoms with van der Waals surface area (Å²) in [5.74, 6) is -1.32. The average Bonchev–Trinajstić information content (AvgIpc) is 3.36. The van der Waals surface area contributed by atoms with E-state index in [-0.39, 0.29) is 17.6 Å². The highest BCUT2D eigenvalue weighted by molar-refractivity contribution is 7.89. The summed E-state index contributed by atoms with van der Waals surface area (Å²) in [4.78, 5) is 26.4. The van der Waals surface area contributed by atoms with Crippen molar-refractivity contribution in [1.82, 2.24) is 14.5 Å². The molecule has 0 spiro atoms. The van der Waals surface area contributed by atoms with Crippen LogP contribution in [-0.4, -0.2) is 61.8 Å². The molecule has 4 rings (SSSR count). The second-order valence-electron chi connectivity index (χ2n) is 8.29. The Morgan fingerprint density at radius 2 is 1.61 bits per heavy atom. The quantitative estimate of drug-likeness (QED) is 0.696. The van der Waals surface area contributed by atoms with Crippen LogP contribution in [0.1, 0.15) is 36.0 Å². The van der Waals surface area contributed by atoms with Gasteiger partial charge in [-0.2, -0.15) is 4.31 Å². The SMILES string of the molecule is O=C(NC1CCN(C(=O)Nc2ccccc2)CC1)c1ccc(F)c(S(=O)(=O)N2CCCC2)c1. The lowest BCUT2D eigenvalue weighted by Gasteiger charge is -2.32. The number of sulfonamides is 1. The lowest BCUT2D eigenvalue weighted by molar-refractivity contribution is 0.0919. The molecule has 2 saturated heterocycles. The Hall–Kier alpha value is -2.98. The second-order valence-corrected chi connectivity index (χ2v) is 10.2. The predicted octanol–water partition coefficient (Wildman–Crippen LogP) is 3.04. The molecule has 10 heteroatoms. The average molecular weight is 475 g/mol. The van der Waals surface area contributed by atoms with Gasteiger partial charge in [0.25, 0.3) is 5.91 Å². The lowest BCUT2D eigenvalue weighted by atomic mass is 10.0. The molecule has 33 heavy (non-hydrogen) atoms. The molecule has 3 amide bonds. The van der Waals surface area contributed by atoms with Crippen LogP contribution in [0.15, 0.2) is 53.4 Å². The number of nitrogens with zero attached hydrogens (tertiary/aromatic N) is 2. The van der Waals surface area contributed by atoms with Gasteiger partial charge in [0.15, 0.2) is 0 Å². The number of likely N-dealkylation sites (tertiary alicyclic amines) is 1. The van der Waals surface area contributed by atoms with Crippen LogP contribution in [0, 0.1) is 5.82 Å². The smallest absolute Gasteiger partial charge is 0.321 e. The van der Waals surface area contributed by atoms with Crippen molar-refractivity contribution in [2.75, 3.05) is 31.5 Å². The van der Waals surface area contributed by atoms with Crippen LogP contribution in [0.25, 0.3) is 0 Å². The maximum absolute atomic E-state index is 14.3. The van der Waals surface area contributed by atoms with Gasteiger partial charge in [-0.15, -0.1) is 0 Å². The molecule has 2 heterocycles. The van der Waals surface area contributed by atoms with E-state index < -0.39 is 26.6 Å². The first-order valence-corrected chi connectivity index (χ1v) is 12.5. The number of hydrogen-bond donors (Lipinski definition) is 2. The van der Waals surface area contributed by atoms with Gasteiger partial charge in [0.1, 0.15) is 10.7 Å². The van der Waals surface area contributed by atoms with E-state index in [1.54, 1.807) is 4.90 Å². The Balaban J connectivity index is 1.35. The monoisotopic (exact) mass is 474 g/mol. The van der Waals surface area contributed by atoms with E-state index in [9.17, 15) is 22.4 Å². The Morgan fingerprint density at radius 3 is 2.27 bits per heavy atom. The molecule has 2 aromatic carbocycles. The largest absolute Gasteiger partial charge is 0.349 e.